The van der Waals surface area contributed by atoms with Crippen LogP contribution in [0.4, 0.5) is 20.2 Å². The molecule has 0 aromatic heterocycles. The van der Waals surface area contributed by atoms with Crippen molar-refractivity contribution in [3.63, 3.8) is 0 Å². The second kappa shape index (κ2) is 10.0. The molecule has 2 N–H and O–H groups in total. The highest BCUT2D eigenvalue weighted by Crippen LogP contribution is 2.20. The Hall–Kier alpha value is -3.46. The lowest BCUT2D eigenvalue weighted by molar-refractivity contribution is -0.116. The van der Waals surface area contributed by atoms with E-state index < -0.39 is 16.6 Å². The van der Waals surface area contributed by atoms with Crippen LogP contribution in [0.2, 0.25) is 0 Å². The van der Waals surface area contributed by atoms with Gasteiger partial charge in [0.2, 0.25) is 5.91 Å². The van der Waals surface area contributed by atoms with Gasteiger partial charge in [-0.1, -0.05) is 36.4 Å². The molecular formula is C22H20F2N2O4S. The number of carbonyl (C=O) groups excluding carboxylic acids is 1. The van der Waals surface area contributed by atoms with Crippen LogP contribution in [-0.2, 0) is 21.2 Å². The van der Waals surface area contributed by atoms with E-state index in [0.29, 0.717) is 17.8 Å². The molecule has 0 aliphatic rings. The number of amides is 1. The molecule has 6 nitrogen and oxygen atoms in total. The fraction of sp³-hybridized carbons (Fsp3) is 0.136. The Kier molecular flexibility index (Phi) is 7.19. The summed E-state index contributed by atoms with van der Waals surface area (Å²) in [4.78, 5) is 12.4. The van der Waals surface area contributed by atoms with E-state index in [-0.39, 0.29) is 23.0 Å². The summed E-state index contributed by atoms with van der Waals surface area (Å²) in [6.45, 7) is -2.88. The van der Waals surface area contributed by atoms with Crippen molar-refractivity contribution in [2.45, 2.75) is 24.3 Å². The van der Waals surface area contributed by atoms with Crippen LogP contribution in [0.3, 0.4) is 0 Å². The van der Waals surface area contributed by atoms with E-state index in [9.17, 15) is 22.0 Å². The fourth-order valence-corrected chi connectivity index (χ4v) is 3.86. The van der Waals surface area contributed by atoms with Crippen molar-refractivity contribution < 1.29 is 26.7 Å². The molecule has 0 spiro atoms. The molecule has 0 aliphatic heterocycles. The van der Waals surface area contributed by atoms with Gasteiger partial charge >= 0.3 is 6.61 Å². The topological polar surface area (TPSA) is 84.5 Å². The number of nitrogens with one attached hydrogen (secondary N) is 2. The number of aryl methyl sites for hydroxylation is 1. The van der Waals surface area contributed by atoms with Crippen LogP contribution in [0.15, 0.2) is 83.8 Å². The van der Waals surface area contributed by atoms with Gasteiger partial charge in [0.15, 0.2) is 0 Å². The van der Waals surface area contributed by atoms with Gasteiger partial charge < -0.3 is 10.1 Å². The van der Waals surface area contributed by atoms with Gasteiger partial charge in [0.05, 0.1) is 10.6 Å². The number of anilines is 2. The molecule has 0 atom stereocenters. The minimum Gasteiger partial charge on any atom is -0.435 e. The quantitative estimate of drug-likeness (QED) is 0.501. The predicted molar refractivity (Wildman–Crippen MR) is 114 cm³/mol. The van der Waals surface area contributed by atoms with E-state index in [1.54, 1.807) is 48.5 Å². The first-order valence-electron chi connectivity index (χ1n) is 9.33. The molecule has 9 heteroatoms. The van der Waals surface area contributed by atoms with Crippen molar-refractivity contribution in [3.8, 4) is 5.75 Å². The Morgan fingerprint density at radius 3 is 2.26 bits per heavy atom. The van der Waals surface area contributed by atoms with Gasteiger partial charge in [0.25, 0.3) is 10.0 Å². The average Bonchev–Trinajstić information content (AvgIpc) is 2.73. The number of carbonyl (C=O) groups is 1. The van der Waals surface area contributed by atoms with Gasteiger partial charge in [-0.3, -0.25) is 9.52 Å². The molecule has 0 fully saturated rings. The summed E-state index contributed by atoms with van der Waals surface area (Å²) < 4.78 is 56.0. The van der Waals surface area contributed by atoms with Gasteiger partial charge in [-0.25, -0.2) is 8.42 Å². The molecule has 31 heavy (non-hydrogen) atoms. The molecule has 0 heterocycles. The van der Waals surface area contributed by atoms with E-state index >= 15 is 0 Å². The molecule has 0 unspecified atom stereocenters. The van der Waals surface area contributed by atoms with Crippen molar-refractivity contribution in [2.24, 2.45) is 0 Å². The summed E-state index contributed by atoms with van der Waals surface area (Å²) in [5.41, 5.74) is 1.55. The van der Waals surface area contributed by atoms with Crippen LogP contribution in [0.5, 0.6) is 5.75 Å². The molecule has 0 aliphatic carbocycles. The molecule has 0 saturated heterocycles. The van der Waals surface area contributed by atoms with Crippen LogP contribution in [0, 0.1) is 0 Å². The fourth-order valence-electron chi connectivity index (χ4n) is 2.79. The Labute approximate surface area is 178 Å². The monoisotopic (exact) mass is 446 g/mol. The maximum Gasteiger partial charge on any atom is 0.387 e. The standard InChI is InChI=1S/C22H20F2N2O4S/c23-22(24)30-19-12-9-16(10-13-19)11-14-21(27)25-17-5-4-6-18(15-17)26-31(28,29)20-7-2-1-3-8-20/h1-10,12-13,15,22,26H,11,14H2,(H,25,27). The molecule has 162 valence electrons. The number of ether oxygens (including phenoxy) is 1. The zero-order valence-electron chi connectivity index (χ0n) is 16.3. The third-order valence-corrected chi connectivity index (χ3v) is 5.64. The van der Waals surface area contributed by atoms with Gasteiger partial charge in [-0.2, -0.15) is 8.78 Å². The second-order valence-corrected chi connectivity index (χ2v) is 8.25. The zero-order valence-corrected chi connectivity index (χ0v) is 17.1. The Bertz CT molecular complexity index is 1120. The van der Waals surface area contributed by atoms with Gasteiger partial charge in [0.1, 0.15) is 5.75 Å². The SMILES string of the molecule is O=C(CCc1ccc(OC(F)F)cc1)Nc1cccc(NS(=O)(=O)c2ccccc2)c1. The summed E-state index contributed by atoms with van der Waals surface area (Å²) in [7, 11) is -3.74. The first-order chi connectivity index (χ1) is 14.8. The lowest BCUT2D eigenvalue weighted by Gasteiger charge is -2.10. The highest BCUT2D eigenvalue weighted by molar-refractivity contribution is 7.92. The minimum atomic E-state index is -3.74. The maximum absolute atomic E-state index is 12.4. The molecule has 0 saturated carbocycles. The molecule has 0 bridgehead atoms. The van der Waals surface area contributed by atoms with Crippen LogP contribution in [-0.4, -0.2) is 20.9 Å². The van der Waals surface area contributed by atoms with Gasteiger partial charge in [0, 0.05) is 12.1 Å². The van der Waals surface area contributed by atoms with E-state index in [1.807, 2.05) is 0 Å². The number of sulfonamides is 1. The lowest BCUT2D eigenvalue weighted by atomic mass is 10.1. The van der Waals surface area contributed by atoms with Gasteiger partial charge in [-0.15, -0.1) is 0 Å². The van der Waals surface area contributed by atoms with Crippen LogP contribution in [0.1, 0.15) is 12.0 Å². The Morgan fingerprint density at radius 1 is 0.903 bits per heavy atom. The summed E-state index contributed by atoms with van der Waals surface area (Å²) >= 11 is 0. The van der Waals surface area contributed by atoms with E-state index in [4.69, 9.17) is 0 Å². The van der Waals surface area contributed by atoms with Crippen molar-refractivity contribution in [1.29, 1.82) is 0 Å². The molecular weight excluding hydrogens is 426 g/mol. The van der Waals surface area contributed by atoms with E-state index in [1.165, 1.54) is 30.3 Å². The molecule has 0 radical (unpaired) electrons. The third kappa shape index (κ3) is 6.78. The summed E-state index contributed by atoms with van der Waals surface area (Å²) in [5.74, 6) is -0.214. The van der Waals surface area contributed by atoms with Crippen LogP contribution >= 0.6 is 0 Å². The number of alkyl halides is 2. The van der Waals surface area contributed by atoms with Gasteiger partial charge in [-0.05, 0) is 54.4 Å². The highest BCUT2D eigenvalue weighted by atomic mass is 32.2. The third-order valence-electron chi connectivity index (χ3n) is 4.24. The minimum absolute atomic E-state index is 0.0537. The largest absolute Gasteiger partial charge is 0.435 e. The number of hydrogen-bond acceptors (Lipinski definition) is 4. The summed E-state index contributed by atoms with van der Waals surface area (Å²) in [5, 5.41) is 2.72. The number of hydrogen-bond donors (Lipinski definition) is 2. The number of rotatable bonds is 9. The van der Waals surface area contributed by atoms with Crippen molar-refractivity contribution >= 4 is 27.3 Å². The molecule has 3 aromatic carbocycles. The normalized spacial score (nSPS) is 11.2. The average molecular weight is 446 g/mol. The first kappa shape index (κ1) is 22.2. The molecule has 3 rings (SSSR count). The Balaban J connectivity index is 1.56. The van der Waals surface area contributed by atoms with Crippen LogP contribution < -0.4 is 14.8 Å². The van der Waals surface area contributed by atoms with Crippen molar-refractivity contribution in [3.05, 3.63) is 84.4 Å². The summed E-state index contributed by atoms with van der Waals surface area (Å²) in [6, 6.07) is 20.4. The smallest absolute Gasteiger partial charge is 0.387 e. The maximum atomic E-state index is 12.4. The lowest BCUT2D eigenvalue weighted by Crippen LogP contribution is -2.14. The van der Waals surface area contributed by atoms with Crippen molar-refractivity contribution in [1.82, 2.24) is 0 Å². The predicted octanol–water partition coefficient (Wildman–Crippen LogP) is 4.66. The number of benzene rings is 3. The van der Waals surface area contributed by atoms with E-state index in [0.717, 1.165) is 5.56 Å². The van der Waals surface area contributed by atoms with Crippen molar-refractivity contribution in [2.75, 3.05) is 10.0 Å². The second-order valence-electron chi connectivity index (χ2n) is 6.57. The van der Waals surface area contributed by atoms with E-state index in [2.05, 4.69) is 14.8 Å². The molecule has 1 amide bonds. The zero-order chi connectivity index (χ0) is 22.3. The first-order valence-corrected chi connectivity index (χ1v) is 10.8. The molecule has 3 aromatic rings. The summed E-state index contributed by atoms with van der Waals surface area (Å²) in [6.07, 6.45) is 0.566. The highest BCUT2D eigenvalue weighted by Gasteiger charge is 2.14. The number of halogens is 2. The van der Waals surface area contributed by atoms with Crippen LogP contribution in [0.25, 0.3) is 0 Å². The Morgan fingerprint density at radius 2 is 1.58 bits per heavy atom.